The third kappa shape index (κ3) is 7.34. The largest absolute Gasteiger partial charge is 0.379 e. The fraction of sp³-hybridized carbons (Fsp3) is 0.667. The van der Waals surface area contributed by atoms with E-state index in [1.54, 1.807) is 0 Å². The number of aliphatic imine (C=N–C) groups is 1. The minimum atomic E-state index is 0.441. The van der Waals surface area contributed by atoms with Gasteiger partial charge in [0.15, 0.2) is 5.96 Å². The summed E-state index contributed by atoms with van der Waals surface area (Å²) in [6, 6.07) is 9.12. The molecule has 1 unspecified atom stereocenters. The van der Waals surface area contributed by atoms with E-state index in [0.29, 0.717) is 6.04 Å². The lowest BCUT2D eigenvalue weighted by molar-refractivity contribution is 0.0341. The number of benzene rings is 1. The average molecular weight is 361 g/mol. The third-order valence-corrected chi connectivity index (χ3v) is 4.91. The van der Waals surface area contributed by atoms with E-state index in [1.165, 1.54) is 36.8 Å². The summed E-state index contributed by atoms with van der Waals surface area (Å²) < 4.78 is 5.46. The van der Waals surface area contributed by atoms with Crippen LogP contribution in [-0.2, 0) is 17.8 Å². The van der Waals surface area contributed by atoms with Crippen molar-refractivity contribution in [2.24, 2.45) is 4.99 Å². The van der Waals surface area contributed by atoms with Crippen LogP contribution in [0.1, 0.15) is 50.7 Å². The van der Waals surface area contributed by atoms with E-state index in [0.717, 1.165) is 45.4 Å². The second-order valence-corrected chi connectivity index (χ2v) is 7.12. The van der Waals surface area contributed by atoms with Gasteiger partial charge in [0.25, 0.3) is 0 Å². The molecule has 146 valence electrons. The van der Waals surface area contributed by atoms with E-state index < -0.39 is 0 Å². The highest BCUT2D eigenvalue weighted by atomic mass is 16.5. The van der Waals surface area contributed by atoms with Crippen molar-refractivity contribution in [3.63, 3.8) is 0 Å². The molecule has 0 spiro atoms. The molecule has 0 saturated carbocycles. The number of nitrogens with one attached hydrogen (secondary N) is 2. The lowest BCUT2D eigenvalue weighted by atomic mass is 10.1. The Hall–Kier alpha value is -1.59. The Bertz CT molecular complexity index is 541. The van der Waals surface area contributed by atoms with Crippen molar-refractivity contribution in [3.8, 4) is 0 Å². The lowest BCUT2D eigenvalue weighted by Crippen LogP contribution is -2.42. The van der Waals surface area contributed by atoms with Crippen molar-refractivity contribution in [1.82, 2.24) is 15.5 Å². The molecule has 1 aliphatic rings. The molecule has 0 aromatic heterocycles. The smallest absolute Gasteiger partial charge is 0.191 e. The maximum atomic E-state index is 5.46. The average Bonchev–Trinajstić information content (AvgIpc) is 2.67. The molecule has 0 radical (unpaired) electrons. The summed E-state index contributed by atoms with van der Waals surface area (Å²) in [5, 5.41) is 6.99. The zero-order chi connectivity index (χ0) is 18.6. The van der Waals surface area contributed by atoms with E-state index in [1.807, 2.05) is 7.05 Å². The van der Waals surface area contributed by atoms with E-state index in [9.17, 15) is 0 Å². The SMILES string of the molecule is CCCCCC(C)NC(=NC)NCc1ccccc1CN1CCOCC1. The molecule has 1 saturated heterocycles. The summed E-state index contributed by atoms with van der Waals surface area (Å²) >= 11 is 0. The number of nitrogens with zero attached hydrogens (tertiary/aromatic N) is 2. The van der Waals surface area contributed by atoms with Gasteiger partial charge in [0, 0.05) is 39.3 Å². The fourth-order valence-electron chi connectivity index (χ4n) is 3.26. The van der Waals surface area contributed by atoms with Crippen LogP contribution in [0.15, 0.2) is 29.3 Å². The summed E-state index contributed by atoms with van der Waals surface area (Å²) in [4.78, 5) is 6.85. The first kappa shape index (κ1) is 20.7. The molecule has 1 aliphatic heterocycles. The first-order chi connectivity index (χ1) is 12.7. The number of guanidine groups is 1. The minimum absolute atomic E-state index is 0.441. The molecule has 0 aliphatic carbocycles. The molecular weight excluding hydrogens is 324 g/mol. The topological polar surface area (TPSA) is 48.9 Å². The fourth-order valence-corrected chi connectivity index (χ4v) is 3.26. The van der Waals surface area contributed by atoms with Crippen LogP contribution in [0.3, 0.4) is 0 Å². The van der Waals surface area contributed by atoms with Gasteiger partial charge in [-0.25, -0.2) is 0 Å². The van der Waals surface area contributed by atoms with Crippen LogP contribution in [0, 0.1) is 0 Å². The zero-order valence-corrected chi connectivity index (χ0v) is 16.8. The highest BCUT2D eigenvalue weighted by Gasteiger charge is 2.13. The monoisotopic (exact) mass is 360 g/mol. The highest BCUT2D eigenvalue weighted by molar-refractivity contribution is 5.79. The van der Waals surface area contributed by atoms with Gasteiger partial charge in [-0.2, -0.15) is 0 Å². The van der Waals surface area contributed by atoms with Gasteiger partial charge in [0.1, 0.15) is 0 Å². The second-order valence-electron chi connectivity index (χ2n) is 7.12. The molecule has 2 rings (SSSR count). The number of morpholine rings is 1. The summed E-state index contributed by atoms with van der Waals surface area (Å²) in [6.07, 6.45) is 5.01. The molecule has 2 N–H and O–H groups in total. The zero-order valence-electron chi connectivity index (χ0n) is 16.8. The first-order valence-corrected chi connectivity index (χ1v) is 10.1. The number of ether oxygens (including phenoxy) is 1. The molecule has 5 heteroatoms. The van der Waals surface area contributed by atoms with Gasteiger partial charge < -0.3 is 15.4 Å². The predicted molar refractivity (Wildman–Crippen MR) is 109 cm³/mol. The van der Waals surface area contributed by atoms with E-state index in [-0.39, 0.29) is 0 Å². The Morgan fingerprint density at radius 3 is 2.62 bits per heavy atom. The maximum Gasteiger partial charge on any atom is 0.191 e. The molecule has 1 heterocycles. The molecule has 1 aromatic rings. The summed E-state index contributed by atoms with van der Waals surface area (Å²) in [6.45, 7) is 9.96. The van der Waals surface area contributed by atoms with E-state index >= 15 is 0 Å². The molecule has 0 bridgehead atoms. The summed E-state index contributed by atoms with van der Waals surface area (Å²) in [5.41, 5.74) is 2.72. The van der Waals surface area contributed by atoms with Crippen LogP contribution in [0.4, 0.5) is 0 Å². The Labute approximate surface area is 159 Å². The van der Waals surface area contributed by atoms with Gasteiger partial charge >= 0.3 is 0 Å². The lowest BCUT2D eigenvalue weighted by Gasteiger charge is -2.27. The van der Waals surface area contributed by atoms with Crippen LogP contribution in [-0.4, -0.2) is 50.3 Å². The van der Waals surface area contributed by atoms with Crippen LogP contribution >= 0.6 is 0 Å². The van der Waals surface area contributed by atoms with Crippen molar-refractivity contribution < 1.29 is 4.74 Å². The second kappa shape index (κ2) is 11.9. The predicted octanol–water partition coefficient (Wildman–Crippen LogP) is 3.15. The molecule has 5 nitrogen and oxygen atoms in total. The number of rotatable bonds is 9. The van der Waals surface area contributed by atoms with Crippen LogP contribution < -0.4 is 10.6 Å². The summed E-state index contributed by atoms with van der Waals surface area (Å²) in [5.74, 6) is 0.884. The molecular formula is C21H36N4O. The number of hydrogen-bond acceptors (Lipinski definition) is 3. The van der Waals surface area contributed by atoms with Crippen molar-refractivity contribution in [2.45, 2.75) is 58.7 Å². The van der Waals surface area contributed by atoms with Crippen molar-refractivity contribution in [1.29, 1.82) is 0 Å². The van der Waals surface area contributed by atoms with Crippen LogP contribution in [0.2, 0.25) is 0 Å². The van der Waals surface area contributed by atoms with E-state index in [4.69, 9.17) is 4.74 Å². The normalized spacial score (nSPS) is 17.1. The van der Waals surface area contributed by atoms with Crippen LogP contribution in [0.25, 0.3) is 0 Å². The highest BCUT2D eigenvalue weighted by Crippen LogP contribution is 2.13. The molecule has 1 aromatic carbocycles. The van der Waals surface area contributed by atoms with Crippen molar-refractivity contribution in [2.75, 3.05) is 33.4 Å². The van der Waals surface area contributed by atoms with Gasteiger partial charge in [-0.05, 0) is 24.5 Å². The standard InChI is InChI=1S/C21H36N4O/c1-4-5-6-9-18(2)24-21(22-3)23-16-19-10-7-8-11-20(19)17-25-12-14-26-15-13-25/h7-8,10-11,18H,4-6,9,12-17H2,1-3H3,(H2,22,23,24). The Kier molecular flexibility index (Phi) is 9.50. The Morgan fingerprint density at radius 2 is 1.92 bits per heavy atom. The quantitative estimate of drug-likeness (QED) is 0.403. The molecule has 26 heavy (non-hydrogen) atoms. The van der Waals surface area contributed by atoms with Gasteiger partial charge in [-0.3, -0.25) is 9.89 Å². The number of hydrogen-bond donors (Lipinski definition) is 2. The molecule has 1 fully saturated rings. The van der Waals surface area contributed by atoms with E-state index in [2.05, 4.69) is 58.6 Å². The number of unbranched alkanes of at least 4 members (excludes halogenated alkanes) is 2. The summed E-state index contributed by atoms with van der Waals surface area (Å²) in [7, 11) is 1.84. The van der Waals surface area contributed by atoms with Gasteiger partial charge in [-0.1, -0.05) is 50.5 Å². The van der Waals surface area contributed by atoms with Crippen molar-refractivity contribution >= 4 is 5.96 Å². The Morgan fingerprint density at radius 1 is 1.19 bits per heavy atom. The first-order valence-electron chi connectivity index (χ1n) is 10.1. The van der Waals surface area contributed by atoms with Crippen molar-refractivity contribution in [3.05, 3.63) is 35.4 Å². The van der Waals surface area contributed by atoms with Gasteiger partial charge in [-0.15, -0.1) is 0 Å². The van der Waals surface area contributed by atoms with Gasteiger partial charge in [0.05, 0.1) is 13.2 Å². The molecule has 0 amide bonds. The van der Waals surface area contributed by atoms with Gasteiger partial charge in [0.2, 0.25) is 0 Å². The third-order valence-electron chi connectivity index (χ3n) is 4.91. The minimum Gasteiger partial charge on any atom is -0.379 e. The maximum absolute atomic E-state index is 5.46. The Balaban J connectivity index is 1.85. The molecule has 1 atom stereocenters. The van der Waals surface area contributed by atoms with Crippen LogP contribution in [0.5, 0.6) is 0 Å².